The maximum Gasteiger partial charge on any atom is 0.225 e. The van der Waals surface area contributed by atoms with Crippen LogP contribution in [0.1, 0.15) is 31.5 Å². The highest BCUT2D eigenvalue weighted by Crippen LogP contribution is 2.29. The molecule has 1 aliphatic carbocycles. The average Bonchev–Trinajstić information content (AvgIpc) is 3.22. The van der Waals surface area contributed by atoms with Crippen molar-refractivity contribution in [1.29, 1.82) is 0 Å². The van der Waals surface area contributed by atoms with Gasteiger partial charge in [0.25, 0.3) is 0 Å². The molecule has 2 aliphatic rings. The van der Waals surface area contributed by atoms with Crippen LogP contribution in [0.15, 0.2) is 0 Å². The van der Waals surface area contributed by atoms with Crippen molar-refractivity contribution in [3.8, 4) is 0 Å². The van der Waals surface area contributed by atoms with Gasteiger partial charge in [0.1, 0.15) is 5.82 Å². The third-order valence-corrected chi connectivity index (χ3v) is 4.02. The van der Waals surface area contributed by atoms with Crippen molar-refractivity contribution in [3.63, 3.8) is 0 Å². The molecular weight excluding hydrogens is 254 g/mol. The molecule has 0 radical (unpaired) electrons. The van der Waals surface area contributed by atoms with Gasteiger partial charge in [-0.2, -0.15) is 15.0 Å². The molecule has 0 bridgehead atoms. The third kappa shape index (κ3) is 3.55. The molecule has 20 heavy (non-hydrogen) atoms. The normalized spacial score (nSPS) is 23.1. The quantitative estimate of drug-likeness (QED) is 0.695. The van der Waals surface area contributed by atoms with Crippen molar-refractivity contribution in [2.75, 3.05) is 31.1 Å². The Kier molecular flexibility index (Phi) is 3.98. The topological polar surface area (TPSA) is 106 Å². The Morgan fingerprint density at radius 1 is 1.10 bits per heavy atom. The number of nitrogen functional groups attached to an aromatic ring is 2. The van der Waals surface area contributed by atoms with E-state index in [0.717, 1.165) is 32.1 Å². The summed E-state index contributed by atoms with van der Waals surface area (Å²) in [7, 11) is 0. The van der Waals surface area contributed by atoms with E-state index in [4.69, 9.17) is 11.5 Å². The number of hydrogen-bond donors (Lipinski definition) is 3. The van der Waals surface area contributed by atoms with Gasteiger partial charge in [-0.3, -0.25) is 4.90 Å². The van der Waals surface area contributed by atoms with E-state index in [1.54, 1.807) is 0 Å². The van der Waals surface area contributed by atoms with Crippen molar-refractivity contribution in [2.45, 2.75) is 38.3 Å². The van der Waals surface area contributed by atoms with Crippen LogP contribution in [0.25, 0.3) is 0 Å². The monoisotopic (exact) mass is 277 g/mol. The number of hydrogen-bond acceptors (Lipinski definition) is 7. The summed E-state index contributed by atoms with van der Waals surface area (Å²) in [6.07, 6.45) is 5.12. The van der Waals surface area contributed by atoms with Crippen molar-refractivity contribution < 1.29 is 0 Å². The molecule has 7 nitrogen and oxygen atoms in total. The molecule has 110 valence electrons. The second kappa shape index (κ2) is 5.88. The Morgan fingerprint density at radius 3 is 2.45 bits per heavy atom. The van der Waals surface area contributed by atoms with E-state index in [-0.39, 0.29) is 11.9 Å². The molecule has 0 spiro atoms. The first kappa shape index (κ1) is 13.5. The molecule has 1 aromatic heterocycles. The number of rotatable bonds is 5. The van der Waals surface area contributed by atoms with Gasteiger partial charge in [-0.15, -0.1) is 0 Å². The summed E-state index contributed by atoms with van der Waals surface area (Å²) < 4.78 is 0. The second-order valence-electron chi connectivity index (χ2n) is 5.84. The van der Waals surface area contributed by atoms with E-state index in [9.17, 15) is 0 Å². The highest BCUT2D eigenvalue weighted by Gasteiger charge is 2.31. The third-order valence-electron chi connectivity index (χ3n) is 4.02. The molecule has 1 saturated carbocycles. The average molecular weight is 277 g/mol. The van der Waals surface area contributed by atoms with E-state index in [0.29, 0.717) is 11.9 Å². The predicted octanol–water partition coefficient (Wildman–Crippen LogP) is 0.000000000000000222. The zero-order valence-electron chi connectivity index (χ0n) is 11.8. The minimum atomic E-state index is 0.211. The van der Waals surface area contributed by atoms with E-state index < -0.39 is 0 Å². The smallest absolute Gasteiger partial charge is 0.225 e. The Balaban J connectivity index is 1.64. The Hall–Kier alpha value is -1.47. The number of nitrogens with two attached hydrogens (primary N) is 2. The van der Waals surface area contributed by atoms with Crippen LogP contribution in [0.2, 0.25) is 0 Å². The molecule has 2 fully saturated rings. The molecule has 3 rings (SSSR count). The molecule has 2 heterocycles. The number of nitrogens with one attached hydrogen (secondary N) is 1. The number of aromatic nitrogens is 3. The summed E-state index contributed by atoms with van der Waals surface area (Å²) in [6.45, 7) is 4.09. The van der Waals surface area contributed by atoms with Crippen LogP contribution in [0, 0.1) is 5.92 Å². The van der Waals surface area contributed by atoms with E-state index in [1.165, 1.54) is 25.7 Å². The van der Waals surface area contributed by atoms with Gasteiger partial charge in [-0.1, -0.05) is 0 Å². The second-order valence-corrected chi connectivity index (χ2v) is 5.84. The van der Waals surface area contributed by atoms with Crippen LogP contribution < -0.4 is 16.8 Å². The van der Waals surface area contributed by atoms with Gasteiger partial charge >= 0.3 is 0 Å². The highest BCUT2D eigenvalue weighted by atomic mass is 15.2. The summed E-state index contributed by atoms with van der Waals surface area (Å²) in [4.78, 5) is 14.7. The summed E-state index contributed by atoms with van der Waals surface area (Å²) in [5.74, 6) is 1.83. The molecule has 0 amide bonds. The lowest BCUT2D eigenvalue weighted by atomic mass is 9.99. The van der Waals surface area contributed by atoms with Gasteiger partial charge in [0.05, 0.1) is 6.54 Å². The molecule has 1 aliphatic heterocycles. The van der Waals surface area contributed by atoms with Gasteiger partial charge in [0, 0.05) is 12.6 Å². The zero-order chi connectivity index (χ0) is 13.9. The lowest BCUT2D eigenvalue weighted by Crippen LogP contribution is -2.39. The van der Waals surface area contributed by atoms with Gasteiger partial charge in [0.2, 0.25) is 11.9 Å². The number of piperidine rings is 1. The Labute approximate surface area is 119 Å². The predicted molar refractivity (Wildman–Crippen MR) is 77.7 cm³/mol. The molecule has 1 aromatic rings. The van der Waals surface area contributed by atoms with E-state index >= 15 is 0 Å². The van der Waals surface area contributed by atoms with Gasteiger partial charge < -0.3 is 16.8 Å². The van der Waals surface area contributed by atoms with Crippen LogP contribution in [0.3, 0.4) is 0 Å². The van der Waals surface area contributed by atoms with E-state index in [1.807, 2.05) is 0 Å². The SMILES string of the molecule is Nc1nc(N)nc(CN(CC2CCCNC2)C2CC2)n1. The first-order valence-electron chi connectivity index (χ1n) is 7.41. The first-order valence-corrected chi connectivity index (χ1v) is 7.41. The van der Waals surface area contributed by atoms with Crippen LogP contribution in [-0.2, 0) is 6.54 Å². The lowest BCUT2D eigenvalue weighted by Gasteiger charge is -2.29. The summed E-state index contributed by atoms with van der Waals surface area (Å²) >= 11 is 0. The Morgan fingerprint density at radius 2 is 1.85 bits per heavy atom. The largest absolute Gasteiger partial charge is 0.368 e. The molecule has 1 unspecified atom stereocenters. The van der Waals surface area contributed by atoms with Crippen molar-refractivity contribution in [3.05, 3.63) is 5.82 Å². The maximum absolute atomic E-state index is 5.64. The molecule has 5 N–H and O–H groups in total. The summed E-state index contributed by atoms with van der Waals surface area (Å²) in [6, 6.07) is 0.677. The van der Waals surface area contributed by atoms with Crippen molar-refractivity contribution in [1.82, 2.24) is 25.2 Å². The van der Waals surface area contributed by atoms with Gasteiger partial charge in [0.15, 0.2) is 0 Å². The van der Waals surface area contributed by atoms with E-state index in [2.05, 4.69) is 25.2 Å². The van der Waals surface area contributed by atoms with Crippen LogP contribution in [0.5, 0.6) is 0 Å². The molecule has 0 aromatic carbocycles. The fraction of sp³-hybridized carbons (Fsp3) is 0.769. The fourth-order valence-corrected chi connectivity index (χ4v) is 2.90. The molecule has 1 atom stereocenters. The maximum atomic E-state index is 5.64. The highest BCUT2D eigenvalue weighted by molar-refractivity contribution is 5.25. The van der Waals surface area contributed by atoms with Crippen LogP contribution >= 0.6 is 0 Å². The number of nitrogens with zero attached hydrogens (tertiary/aromatic N) is 4. The molecule has 1 saturated heterocycles. The molecular formula is C13H23N7. The minimum absolute atomic E-state index is 0.211. The first-order chi connectivity index (χ1) is 9.70. The van der Waals surface area contributed by atoms with Crippen molar-refractivity contribution >= 4 is 11.9 Å². The van der Waals surface area contributed by atoms with Crippen LogP contribution in [-0.4, -0.2) is 45.5 Å². The minimum Gasteiger partial charge on any atom is -0.368 e. The van der Waals surface area contributed by atoms with Gasteiger partial charge in [-0.05, 0) is 44.7 Å². The summed E-state index contributed by atoms with van der Waals surface area (Å²) in [5.41, 5.74) is 11.3. The summed E-state index contributed by atoms with van der Waals surface area (Å²) in [5, 5.41) is 3.47. The Bertz CT molecular complexity index is 434. The standard InChI is InChI=1S/C13H23N7/c14-12-17-11(18-13(15)19-12)8-20(10-3-4-10)7-9-2-1-5-16-6-9/h9-10,16H,1-8H2,(H4,14,15,17,18,19). The van der Waals surface area contributed by atoms with Crippen LogP contribution in [0.4, 0.5) is 11.9 Å². The molecule has 7 heteroatoms. The van der Waals surface area contributed by atoms with Gasteiger partial charge in [-0.25, -0.2) is 0 Å². The lowest BCUT2D eigenvalue weighted by molar-refractivity contribution is 0.189. The fourth-order valence-electron chi connectivity index (χ4n) is 2.90. The zero-order valence-corrected chi connectivity index (χ0v) is 11.8. The van der Waals surface area contributed by atoms with Crippen molar-refractivity contribution in [2.24, 2.45) is 5.92 Å². The number of anilines is 2.